The third-order valence-corrected chi connectivity index (χ3v) is 6.78. The number of hydrogen-bond donors (Lipinski definition) is 1. The van der Waals surface area contributed by atoms with Crippen molar-refractivity contribution in [3.05, 3.63) is 41.5 Å². The zero-order valence-corrected chi connectivity index (χ0v) is 19.0. The van der Waals surface area contributed by atoms with Gasteiger partial charge in [-0.25, -0.2) is 8.70 Å². The van der Waals surface area contributed by atoms with Gasteiger partial charge in [0.05, 0.1) is 24.5 Å². The Labute approximate surface area is 182 Å². The maximum atomic E-state index is 14.1. The van der Waals surface area contributed by atoms with Crippen LogP contribution in [0.4, 0.5) is 15.8 Å². The molecule has 1 saturated heterocycles. The van der Waals surface area contributed by atoms with Crippen LogP contribution in [0.5, 0.6) is 0 Å². The summed E-state index contributed by atoms with van der Waals surface area (Å²) in [5.41, 5.74) is 1.42. The lowest BCUT2D eigenvalue weighted by Crippen LogP contribution is -2.42. The van der Waals surface area contributed by atoms with Crippen molar-refractivity contribution in [1.29, 1.82) is 0 Å². The van der Waals surface area contributed by atoms with Gasteiger partial charge in [0.1, 0.15) is 5.82 Å². The maximum Gasteiger partial charge on any atom is 0.345 e. The number of aryl methyl sites for hydroxylation is 3. The Hall–Kier alpha value is -2.66. The van der Waals surface area contributed by atoms with Gasteiger partial charge in [-0.3, -0.25) is 4.68 Å². The van der Waals surface area contributed by atoms with Crippen LogP contribution in [0.25, 0.3) is 0 Å². The lowest BCUT2D eigenvalue weighted by Gasteiger charge is -2.28. The summed E-state index contributed by atoms with van der Waals surface area (Å²) in [6.07, 6.45) is 5.26. The molecule has 1 atom stereocenters. The molecule has 170 valence electrons. The van der Waals surface area contributed by atoms with E-state index in [2.05, 4.69) is 19.7 Å². The first-order valence-corrected chi connectivity index (χ1v) is 11.5. The Bertz CT molecular complexity index is 1070. The molecule has 31 heavy (non-hydrogen) atoms. The summed E-state index contributed by atoms with van der Waals surface area (Å²) in [7, 11) is -0.709. The molecule has 1 aromatic heterocycles. The second-order valence-corrected chi connectivity index (χ2v) is 9.32. The summed E-state index contributed by atoms with van der Waals surface area (Å²) < 4.78 is 46.3. The summed E-state index contributed by atoms with van der Waals surface area (Å²) in [4.78, 5) is 2.09. The Morgan fingerprint density at radius 1 is 1.42 bits per heavy atom. The van der Waals surface area contributed by atoms with Gasteiger partial charge in [0.25, 0.3) is 0 Å². The Kier molecular flexibility index (Phi) is 6.85. The van der Waals surface area contributed by atoms with E-state index in [0.29, 0.717) is 28.9 Å². The molecule has 11 heteroatoms. The number of aromatic nitrogens is 2. The Morgan fingerprint density at radius 2 is 2.16 bits per heavy atom. The minimum absolute atomic E-state index is 0.0140. The van der Waals surface area contributed by atoms with E-state index in [0.717, 1.165) is 23.7 Å². The highest BCUT2D eigenvalue weighted by Crippen LogP contribution is 2.24. The average Bonchev–Trinajstić information content (AvgIpc) is 3.29. The lowest BCUT2D eigenvalue weighted by atomic mass is 10.1. The molecule has 1 aromatic carbocycles. The fourth-order valence-corrected chi connectivity index (χ4v) is 4.82. The van der Waals surface area contributed by atoms with Crippen LogP contribution in [-0.2, 0) is 23.7 Å². The van der Waals surface area contributed by atoms with Crippen LogP contribution in [-0.4, -0.2) is 55.3 Å². The first kappa shape index (κ1) is 23.0. The topological polar surface area (TPSA) is 106 Å². The van der Waals surface area contributed by atoms with Gasteiger partial charge >= 0.3 is 10.2 Å². The molecule has 1 fully saturated rings. The average molecular weight is 452 g/mol. The molecule has 0 radical (unpaired) electrons. The van der Waals surface area contributed by atoms with E-state index in [-0.39, 0.29) is 18.4 Å². The van der Waals surface area contributed by atoms with Crippen molar-refractivity contribution < 1.29 is 17.9 Å². The maximum absolute atomic E-state index is 14.1. The van der Waals surface area contributed by atoms with Crippen molar-refractivity contribution in [1.82, 2.24) is 14.7 Å². The number of benzene rings is 1. The second kappa shape index (κ2) is 9.23. The van der Waals surface area contributed by atoms with Gasteiger partial charge < -0.3 is 15.3 Å². The third kappa shape index (κ3) is 5.34. The van der Waals surface area contributed by atoms with E-state index in [9.17, 15) is 17.9 Å². The number of rotatable bonds is 7. The number of likely N-dealkylation sites (N-methyl/N-ethyl adjacent to an activating group) is 1. The van der Waals surface area contributed by atoms with Crippen LogP contribution in [0.1, 0.15) is 30.9 Å². The predicted octanol–water partition coefficient (Wildman–Crippen LogP) is 1.40. The Morgan fingerprint density at radius 3 is 2.74 bits per heavy atom. The van der Waals surface area contributed by atoms with E-state index in [1.165, 1.54) is 23.0 Å². The van der Waals surface area contributed by atoms with E-state index >= 15 is 0 Å². The molecular weight excluding hydrogens is 423 g/mol. The zero-order chi connectivity index (χ0) is 22.8. The minimum Gasteiger partial charge on any atom is -0.845 e. The van der Waals surface area contributed by atoms with Crippen LogP contribution < -0.4 is 14.7 Å². The predicted molar refractivity (Wildman–Crippen MR) is 117 cm³/mol. The van der Waals surface area contributed by atoms with Gasteiger partial charge in [-0.1, -0.05) is 6.92 Å². The molecular formula is C20H28FN6O3S-. The molecule has 1 aliphatic rings. The molecule has 0 amide bonds. The molecule has 9 nitrogen and oxygen atoms in total. The van der Waals surface area contributed by atoms with Crippen LogP contribution in [0, 0.1) is 12.7 Å². The third-order valence-electron chi connectivity index (χ3n) is 5.47. The highest BCUT2D eigenvalue weighted by atomic mass is 32.2. The van der Waals surface area contributed by atoms with Crippen LogP contribution in [0.2, 0.25) is 0 Å². The normalized spacial score (nSPS) is 17.8. The smallest absolute Gasteiger partial charge is 0.345 e. The van der Waals surface area contributed by atoms with Gasteiger partial charge in [0, 0.05) is 25.0 Å². The lowest BCUT2D eigenvalue weighted by molar-refractivity contribution is -0.213. The highest BCUT2D eigenvalue weighted by Gasteiger charge is 2.30. The summed E-state index contributed by atoms with van der Waals surface area (Å²) in [5, 5.41) is 19.0. The quantitative estimate of drug-likeness (QED) is 0.504. The Balaban J connectivity index is 1.88. The molecule has 0 saturated carbocycles. The van der Waals surface area contributed by atoms with Crippen molar-refractivity contribution in [3.8, 4) is 0 Å². The number of likely N-dealkylation sites (tertiary alicyclic amines) is 1. The zero-order valence-electron chi connectivity index (χ0n) is 18.2. The number of halogens is 1. The summed E-state index contributed by atoms with van der Waals surface area (Å²) >= 11 is 0. The highest BCUT2D eigenvalue weighted by molar-refractivity contribution is 7.91. The first-order valence-electron chi connectivity index (χ1n) is 10.1. The standard InChI is InChI=1S/C20H29FN6O3S/c1-5-15-10-16(9-14(2)19(15)21)23-20(28)24-31(29,30)27(18-11-22-26(4)12-18)13-17-7-6-8-25(17)3/h9-12,17H,5-8,13H2,1-4H3,(H2,23,24,28)/p-1. The summed E-state index contributed by atoms with van der Waals surface area (Å²) in [5.74, 6) is -0.339. The van der Waals surface area contributed by atoms with Crippen molar-refractivity contribution in [2.45, 2.75) is 39.2 Å². The molecule has 1 unspecified atom stereocenters. The monoisotopic (exact) mass is 451 g/mol. The van der Waals surface area contributed by atoms with Crippen molar-refractivity contribution in [2.75, 3.05) is 29.8 Å². The molecule has 2 aromatic rings. The molecule has 3 rings (SSSR count). The molecule has 1 N–H and O–H groups in total. The number of nitrogens with one attached hydrogen (secondary N) is 1. The van der Waals surface area contributed by atoms with Crippen LogP contribution in [0.3, 0.4) is 0 Å². The van der Waals surface area contributed by atoms with Gasteiger partial charge in [-0.15, -0.1) is 4.40 Å². The molecule has 1 aliphatic heterocycles. The van der Waals surface area contributed by atoms with Crippen molar-refractivity contribution in [2.24, 2.45) is 11.4 Å². The van der Waals surface area contributed by atoms with Gasteiger partial charge in [0.15, 0.2) is 0 Å². The molecule has 0 aliphatic carbocycles. The number of hydrogen-bond acceptors (Lipinski definition) is 5. The van der Waals surface area contributed by atoms with Gasteiger partial charge in [-0.2, -0.15) is 13.5 Å². The van der Waals surface area contributed by atoms with Crippen molar-refractivity contribution in [3.63, 3.8) is 0 Å². The van der Waals surface area contributed by atoms with Gasteiger partial charge in [-0.05, 0) is 63.0 Å². The molecule has 0 spiro atoms. The van der Waals surface area contributed by atoms with Crippen LogP contribution >= 0.6 is 0 Å². The van der Waals surface area contributed by atoms with E-state index in [1.54, 1.807) is 27.1 Å². The van der Waals surface area contributed by atoms with E-state index in [4.69, 9.17) is 0 Å². The first-order chi connectivity index (χ1) is 14.6. The fourth-order valence-electron chi connectivity index (χ4n) is 3.74. The minimum atomic E-state index is -4.33. The van der Waals surface area contributed by atoms with Crippen molar-refractivity contribution >= 4 is 27.6 Å². The van der Waals surface area contributed by atoms with Crippen LogP contribution in [0.15, 0.2) is 28.9 Å². The fraction of sp³-hybridized carbons (Fsp3) is 0.500. The molecule has 0 bridgehead atoms. The largest absolute Gasteiger partial charge is 0.845 e. The molecule has 2 heterocycles. The summed E-state index contributed by atoms with van der Waals surface area (Å²) in [6.45, 7) is 4.42. The summed E-state index contributed by atoms with van der Waals surface area (Å²) in [6, 6.07) is 1.90. The number of anilines is 2. The van der Waals surface area contributed by atoms with Gasteiger partial charge in [0.2, 0.25) is 0 Å². The SMILES string of the molecule is CCc1cc(N/C([O-])=N/S(=O)(=O)N(CC2CCCN2C)c2cnn(C)c2)cc(C)c1F. The number of amidine groups is 1. The van der Waals surface area contributed by atoms with E-state index in [1.807, 2.05) is 7.05 Å². The van der Waals surface area contributed by atoms with E-state index < -0.39 is 16.2 Å². The second-order valence-electron chi connectivity index (χ2n) is 7.80. The number of nitrogens with zero attached hydrogens (tertiary/aromatic N) is 5.